The van der Waals surface area contributed by atoms with E-state index >= 15 is 0 Å². The number of sulfonamides is 1. The van der Waals surface area contributed by atoms with Crippen molar-refractivity contribution in [1.29, 1.82) is 0 Å². The van der Waals surface area contributed by atoms with E-state index in [1.807, 2.05) is 0 Å². The third-order valence-electron chi connectivity index (χ3n) is 3.66. The molecule has 0 atom stereocenters. The Morgan fingerprint density at radius 2 is 1.79 bits per heavy atom. The van der Waals surface area contributed by atoms with Crippen LogP contribution in [0.15, 0.2) is 48.5 Å². The molecule has 2 aromatic rings. The predicted octanol–water partition coefficient (Wildman–Crippen LogP) is 2.08. The molecule has 2 aromatic carbocycles. The molecule has 0 spiro atoms. The van der Waals surface area contributed by atoms with E-state index in [2.05, 4.69) is 15.4 Å². The van der Waals surface area contributed by atoms with Crippen molar-refractivity contribution < 1.29 is 22.7 Å². The number of ether oxygens (including phenoxy) is 1. The van der Waals surface area contributed by atoms with Gasteiger partial charge in [-0.2, -0.15) is 0 Å². The van der Waals surface area contributed by atoms with Crippen molar-refractivity contribution in [3.8, 4) is 0 Å². The number of hydrogen-bond acceptors (Lipinski definition) is 5. The molecule has 150 valence electrons. The molecule has 8 nitrogen and oxygen atoms in total. The van der Waals surface area contributed by atoms with Crippen LogP contribution in [0.1, 0.15) is 27.1 Å². The molecule has 0 heterocycles. The second-order valence-electron chi connectivity index (χ2n) is 6.06. The summed E-state index contributed by atoms with van der Waals surface area (Å²) in [5.74, 6) is -0.767. The van der Waals surface area contributed by atoms with Gasteiger partial charge in [0.2, 0.25) is 10.0 Å². The van der Waals surface area contributed by atoms with Crippen LogP contribution in [-0.4, -0.2) is 46.7 Å². The van der Waals surface area contributed by atoms with Crippen LogP contribution in [0.5, 0.6) is 0 Å². The van der Waals surface area contributed by atoms with Crippen molar-refractivity contribution in [3.05, 3.63) is 59.7 Å². The third kappa shape index (κ3) is 6.67. The lowest BCUT2D eigenvalue weighted by Crippen LogP contribution is -2.26. The topological polar surface area (TPSA) is 114 Å². The van der Waals surface area contributed by atoms with Gasteiger partial charge >= 0.3 is 0 Å². The standard InChI is InChI=1S/C19H23N3O5S/c1-27-12-6-11-20-19(24)16-9-3-4-10-17(16)21-18(23)14-7-5-8-15(13-14)22-28(2,25)26/h3-5,7-10,13,22H,6,11-12H2,1-2H3,(H,20,24)(H,21,23). The Bertz CT molecular complexity index is 944. The molecule has 0 aliphatic heterocycles. The molecule has 2 rings (SSSR count). The molecule has 0 radical (unpaired) electrons. The van der Waals surface area contributed by atoms with Crippen LogP contribution >= 0.6 is 0 Å². The average Bonchev–Trinajstić information content (AvgIpc) is 2.64. The zero-order valence-corrected chi connectivity index (χ0v) is 16.5. The fourth-order valence-corrected chi connectivity index (χ4v) is 2.99. The number of nitrogens with one attached hydrogen (secondary N) is 3. The summed E-state index contributed by atoms with van der Waals surface area (Å²) in [7, 11) is -1.86. The molecule has 0 aliphatic rings. The number of benzene rings is 2. The number of anilines is 2. The minimum absolute atomic E-state index is 0.254. The largest absolute Gasteiger partial charge is 0.385 e. The number of hydrogen-bond donors (Lipinski definition) is 3. The lowest BCUT2D eigenvalue weighted by molar-refractivity contribution is 0.0949. The molecule has 2 amide bonds. The zero-order valence-electron chi connectivity index (χ0n) is 15.7. The van der Waals surface area contributed by atoms with E-state index in [4.69, 9.17) is 4.74 Å². The first-order chi connectivity index (χ1) is 13.3. The third-order valence-corrected chi connectivity index (χ3v) is 4.27. The zero-order chi connectivity index (χ0) is 20.6. The molecule has 0 aliphatic carbocycles. The summed E-state index contributed by atoms with van der Waals surface area (Å²) in [6, 6.07) is 12.7. The number of carbonyl (C=O) groups excluding carboxylic acids is 2. The Morgan fingerprint density at radius 1 is 1.04 bits per heavy atom. The van der Waals surface area contributed by atoms with Gasteiger partial charge in [0, 0.05) is 31.5 Å². The molecule has 0 saturated carbocycles. The number of para-hydroxylation sites is 1. The normalized spacial score (nSPS) is 10.9. The van der Waals surface area contributed by atoms with Crippen LogP contribution in [0, 0.1) is 0 Å². The van der Waals surface area contributed by atoms with Crippen LogP contribution < -0.4 is 15.4 Å². The maximum atomic E-state index is 12.6. The highest BCUT2D eigenvalue weighted by atomic mass is 32.2. The van der Waals surface area contributed by atoms with E-state index in [1.54, 1.807) is 49.6 Å². The minimum Gasteiger partial charge on any atom is -0.385 e. The van der Waals surface area contributed by atoms with Crippen molar-refractivity contribution in [2.45, 2.75) is 6.42 Å². The van der Waals surface area contributed by atoms with Crippen LogP contribution in [0.25, 0.3) is 0 Å². The summed E-state index contributed by atoms with van der Waals surface area (Å²) < 4.78 is 30.0. The van der Waals surface area contributed by atoms with Gasteiger partial charge in [-0.05, 0) is 36.8 Å². The fourth-order valence-electron chi connectivity index (χ4n) is 2.44. The van der Waals surface area contributed by atoms with Gasteiger partial charge in [0.25, 0.3) is 11.8 Å². The second kappa shape index (κ2) is 9.86. The van der Waals surface area contributed by atoms with E-state index in [1.165, 1.54) is 6.07 Å². The van der Waals surface area contributed by atoms with Gasteiger partial charge < -0.3 is 15.4 Å². The maximum Gasteiger partial charge on any atom is 0.255 e. The molecule has 28 heavy (non-hydrogen) atoms. The van der Waals surface area contributed by atoms with Gasteiger partial charge in [-0.1, -0.05) is 18.2 Å². The summed E-state index contributed by atoms with van der Waals surface area (Å²) >= 11 is 0. The molecule has 0 bridgehead atoms. The van der Waals surface area contributed by atoms with Gasteiger partial charge in [0.1, 0.15) is 0 Å². The van der Waals surface area contributed by atoms with Crippen molar-refractivity contribution in [1.82, 2.24) is 5.32 Å². The van der Waals surface area contributed by atoms with Crippen LogP contribution in [-0.2, 0) is 14.8 Å². The number of carbonyl (C=O) groups is 2. The highest BCUT2D eigenvalue weighted by molar-refractivity contribution is 7.92. The fraction of sp³-hybridized carbons (Fsp3) is 0.263. The number of methoxy groups -OCH3 is 1. The summed E-state index contributed by atoms with van der Waals surface area (Å²) in [5.41, 5.74) is 1.22. The molecular formula is C19H23N3O5S. The van der Waals surface area contributed by atoms with Gasteiger partial charge in [-0.25, -0.2) is 8.42 Å². The van der Waals surface area contributed by atoms with Crippen LogP contribution in [0.4, 0.5) is 11.4 Å². The van der Waals surface area contributed by atoms with E-state index in [9.17, 15) is 18.0 Å². The van der Waals surface area contributed by atoms with E-state index < -0.39 is 15.9 Å². The Hall–Kier alpha value is -2.91. The quantitative estimate of drug-likeness (QED) is 0.553. The SMILES string of the molecule is COCCCNC(=O)c1ccccc1NC(=O)c1cccc(NS(C)(=O)=O)c1. The summed E-state index contributed by atoms with van der Waals surface area (Å²) in [6.45, 7) is 0.991. The Labute approximate surface area is 164 Å². The maximum absolute atomic E-state index is 12.6. The smallest absolute Gasteiger partial charge is 0.255 e. The molecule has 9 heteroatoms. The van der Waals surface area contributed by atoms with E-state index in [0.717, 1.165) is 6.26 Å². The second-order valence-corrected chi connectivity index (χ2v) is 7.81. The van der Waals surface area contributed by atoms with Gasteiger partial charge in [0.05, 0.1) is 17.5 Å². The van der Waals surface area contributed by atoms with E-state index in [0.29, 0.717) is 30.8 Å². The highest BCUT2D eigenvalue weighted by Crippen LogP contribution is 2.18. The number of rotatable bonds is 9. The molecule has 0 saturated heterocycles. The summed E-state index contributed by atoms with van der Waals surface area (Å²) in [4.78, 5) is 24.9. The number of amides is 2. The monoisotopic (exact) mass is 405 g/mol. The van der Waals surface area contributed by atoms with Gasteiger partial charge in [-0.3, -0.25) is 14.3 Å². The first-order valence-corrected chi connectivity index (χ1v) is 10.4. The molecule has 0 fully saturated rings. The summed E-state index contributed by atoms with van der Waals surface area (Å²) in [6.07, 6.45) is 1.71. The van der Waals surface area contributed by atoms with Crippen molar-refractivity contribution in [3.63, 3.8) is 0 Å². The first-order valence-electron chi connectivity index (χ1n) is 8.55. The Kier molecular flexibility index (Phi) is 7.53. The van der Waals surface area contributed by atoms with Crippen molar-refractivity contribution in [2.75, 3.05) is 36.6 Å². The summed E-state index contributed by atoms with van der Waals surface area (Å²) in [5, 5.41) is 5.47. The lowest BCUT2D eigenvalue weighted by Gasteiger charge is -2.12. The molecular weight excluding hydrogens is 382 g/mol. The van der Waals surface area contributed by atoms with Gasteiger partial charge in [0.15, 0.2) is 0 Å². The Morgan fingerprint density at radius 3 is 2.50 bits per heavy atom. The Balaban J connectivity index is 2.12. The van der Waals surface area contributed by atoms with Crippen molar-refractivity contribution >= 4 is 33.2 Å². The molecule has 3 N–H and O–H groups in total. The lowest BCUT2D eigenvalue weighted by atomic mass is 10.1. The molecule has 0 unspecified atom stereocenters. The predicted molar refractivity (Wildman–Crippen MR) is 108 cm³/mol. The van der Waals surface area contributed by atoms with Crippen LogP contribution in [0.3, 0.4) is 0 Å². The van der Waals surface area contributed by atoms with E-state index in [-0.39, 0.29) is 17.2 Å². The first kappa shape index (κ1) is 21.4. The minimum atomic E-state index is -3.45. The highest BCUT2D eigenvalue weighted by Gasteiger charge is 2.14. The van der Waals surface area contributed by atoms with Crippen LogP contribution in [0.2, 0.25) is 0 Å². The average molecular weight is 405 g/mol. The van der Waals surface area contributed by atoms with Gasteiger partial charge in [-0.15, -0.1) is 0 Å². The molecule has 0 aromatic heterocycles. The van der Waals surface area contributed by atoms with Crippen molar-refractivity contribution in [2.24, 2.45) is 0 Å².